The number of rotatable bonds is 6. The maximum atomic E-state index is 12.3. The zero-order valence-corrected chi connectivity index (χ0v) is 15.5. The molecule has 3 aromatic rings. The Balaban J connectivity index is 1.83. The van der Waals surface area contributed by atoms with Gasteiger partial charge < -0.3 is 9.73 Å². The lowest BCUT2D eigenvalue weighted by molar-refractivity contribution is 0.0952. The SMILES string of the molecule is CCN(c1ccc2sc(C(=O)NCc3ccco3)cc2c1)S(C)(=O)=O. The smallest absolute Gasteiger partial charge is 0.261 e. The predicted molar refractivity (Wildman–Crippen MR) is 99.6 cm³/mol. The molecule has 0 aliphatic heterocycles. The second-order valence-electron chi connectivity index (χ2n) is 5.52. The highest BCUT2D eigenvalue weighted by atomic mass is 32.2. The number of anilines is 1. The summed E-state index contributed by atoms with van der Waals surface area (Å²) in [7, 11) is -3.33. The first-order valence-electron chi connectivity index (χ1n) is 7.70. The number of hydrogen-bond donors (Lipinski definition) is 1. The minimum Gasteiger partial charge on any atom is -0.467 e. The van der Waals surface area contributed by atoms with Crippen LogP contribution in [0.4, 0.5) is 5.69 Å². The minimum absolute atomic E-state index is 0.186. The van der Waals surface area contributed by atoms with E-state index < -0.39 is 10.0 Å². The summed E-state index contributed by atoms with van der Waals surface area (Å²) in [6, 6.07) is 10.7. The van der Waals surface area contributed by atoms with Gasteiger partial charge in [-0.15, -0.1) is 11.3 Å². The van der Waals surface area contributed by atoms with Crippen LogP contribution in [-0.4, -0.2) is 27.1 Å². The molecule has 2 aromatic heterocycles. The van der Waals surface area contributed by atoms with E-state index in [4.69, 9.17) is 4.42 Å². The summed E-state index contributed by atoms with van der Waals surface area (Å²) >= 11 is 1.37. The van der Waals surface area contributed by atoms with Crippen LogP contribution >= 0.6 is 11.3 Å². The Bertz CT molecular complexity index is 991. The minimum atomic E-state index is -3.33. The number of nitrogens with zero attached hydrogens (tertiary/aromatic N) is 1. The first kappa shape index (κ1) is 17.5. The fraction of sp³-hybridized carbons (Fsp3) is 0.235. The van der Waals surface area contributed by atoms with Crippen molar-refractivity contribution >= 4 is 43.0 Å². The van der Waals surface area contributed by atoms with Gasteiger partial charge in [0.05, 0.1) is 29.6 Å². The van der Waals surface area contributed by atoms with Gasteiger partial charge in [0.2, 0.25) is 10.0 Å². The van der Waals surface area contributed by atoms with E-state index in [1.165, 1.54) is 21.9 Å². The third-order valence-electron chi connectivity index (χ3n) is 3.70. The number of sulfonamides is 1. The molecule has 0 spiro atoms. The van der Waals surface area contributed by atoms with Gasteiger partial charge in [-0.3, -0.25) is 9.10 Å². The van der Waals surface area contributed by atoms with E-state index in [1.807, 2.05) is 6.07 Å². The molecular formula is C17H18N2O4S2. The molecule has 0 atom stereocenters. The summed E-state index contributed by atoms with van der Waals surface area (Å²) in [5.41, 5.74) is 0.595. The van der Waals surface area contributed by atoms with Gasteiger partial charge in [-0.25, -0.2) is 8.42 Å². The zero-order chi connectivity index (χ0) is 18.0. The Morgan fingerprint density at radius 2 is 2.08 bits per heavy atom. The molecular weight excluding hydrogens is 360 g/mol. The highest BCUT2D eigenvalue weighted by Crippen LogP contribution is 2.30. The number of carbonyl (C=O) groups excluding carboxylic acids is 1. The van der Waals surface area contributed by atoms with Crippen molar-refractivity contribution in [2.45, 2.75) is 13.5 Å². The van der Waals surface area contributed by atoms with E-state index in [9.17, 15) is 13.2 Å². The molecule has 0 bridgehead atoms. The molecule has 0 saturated heterocycles. The summed E-state index contributed by atoms with van der Waals surface area (Å²) < 4.78 is 31.2. The van der Waals surface area contributed by atoms with Crippen LogP contribution < -0.4 is 9.62 Å². The molecule has 2 heterocycles. The molecule has 0 radical (unpaired) electrons. The molecule has 0 unspecified atom stereocenters. The first-order valence-corrected chi connectivity index (χ1v) is 10.4. The van der Waals surface area contributed by atoms with Crippen LogP contribution in [0.3, 0.4) is 0 Å². The van der Waals surface area contributed by atoms with Crippen LogP contribution in [0.25, 0.3) is 10.1 Å². The Hall–Kier alpha value is -2.32. The number of fused-ring (bicyclic) bond motifs is 1. The van der Waals surface area contributed by atoms with Crippen molar-refractivity contribution in [3.63, 3.8) is 0 Å². The summed E-state index contributed by atoms with van der Waals surface area (Å²) in [6.07, 6.45) is 2.74. The number of benzene rings is 1. The van der Waals surface area contributed by atoms with Crippen molar-refractivity contribution < 1.29 is 17.6 Å². The molecule has 25 heavy (non-hydrogen) atoms. The lowest BCUT2D eigenvalue weighted by Crippen LogP contribution is -2.29. The Morgan fingerprint density at radius 1 is 1.28 bits per heavy atom. The van der Waals surface area contributed by atoms with Crippen molar-refractivity contribution in [1.29, 1.82) is 0 Å². The molecule has 0 fully saturated rings. The van der Waals surface area contributed by atoms with Crippen molar-refractivity contribution in [1.82, 2.24) is 5.32 Å². The Morgan fingerprint density at radius 3 is 2.72 bits per heavy atom. The van der Waals surface area contributed by atoms with Gasteiger partial charge in [0.1, 0.15) is 5.76 Å². The molecule has 0 aliphatic rings. The summed E-state index contributed by atoms with van der Waals surface area (Å²) in [5.74, 6) is 0.498. The van der Waals surface area contributed by atoms with E-state index >= 15 is 0 Å². The molecule has 1 aromatic carbocycles. The van der Waals surface area contributed by atoms with E-state index in [1.54, 1.807) is 43.5 Å². The van der Waals surface area contributed by atoms with E-state index in [0.29, 0.717) is 29.4 Å². The van der Waals surface area contributed by atoms with Gasteiger partial charge >= 0.3 is 0 Å². The fourth-order valence-electron chi connectivity index (χ4n) is 2.57. The zero-order valence-electron chi connectivity index (χ0n) is 13.9. The number of carbonyl (C=O) groups is 1. The van der Waals surface area contributed by atoms with Gasteiger partial charge in [-0.1, -0.05) is 0 Å². The van der Waals surface area contributed by atoms with Crippen molar-refractivity contribution in [2.24, 2.45) is 0 Å². The second-order valence-corrected chi connectivity index (χ2v) is 8.51. The number of amides is 1. The Kier molecular flexibility index (Phi) is 4.82. The largest absolute Gasteiger partial charge is 0.467 e. The van der Waals surface area contributed by atoms with E-state index in [0.717, 1.165) is 10.1 Å². The van der Waals surface area contributed by atoms with Crippen LogP contribution in [0.15, 0.2) is 47.1 Å². The van der Waals surface area contributed by atoms with Gasteiger partial charge in [0, 0.05) is 11.2 Å². The summed E-state index contributed by atoms with van der Waals surface area (Å²) in [6.45, 7) is 2.46. The standard InChI is InChI=1S/C17H18N2O4S2/c1-3-19(25(2,21)22)13-6-7-15-12(9-13)10-16(24-15)17(20)18-11-14-5-4-8-23-14/h4-10H,3,11H2,1-2H3,(H,18,20). The predicted octanol–water partition coefficient (Wildman–Crippen LogP) is 3.21. The average molecular weight is 378 g/mol. The van der Waals surface area contributed by atoms with Gasteiger partial charge in [-0.05, 0) is 48.7 Å². The maximum absolute atomic E-state index is 12.3. The number of hydrogen-bond acceptors (Lipinski definition) is 5. The number of thiophene rings is 1. The molecule has 8 heteroatoms. The fourth-order valence-corrected chi connectivity index (χ4v) is 4.50. The van der Waals surface area contributed by atoms with Crippen molar-refractivity contribution in [3.8, 4) is 0 Å². The van der Waals surface area contributed by atoms with E-state index in [-0.39, 0.29) is 5.91 Å². The normalized spacial score (nSPS) is 11.6. The average Bonchev–Trinajstić information content (AvgIpc) is 3.20. The van der Waals surface area contributed by atoms with Gasteiger partial charge in [-0.2, -0.15) is 0 Å². The summed E-state index contributed by atoms with van der Waals surface area (Å²) in [4.78, 5) is 12.9. The second kappa shape index (κ2) is 6.89. The van der Waals surface area contributed by atoms with E-state index in [2.05, 4.69) is 5.32 Å². The van der Waals surface area contributed by atoms with Crippen LogP contribution in [0.5, 0.6) is 0 Å². The molecule has 0 aliphatic carbocycles. The lowest BCUT2D eigenvalue weighted by atomic mass is 10.2. The lowest BCUT2D eigenvalue weighted by Gasteiger charge is -2.20. The Labute approximate surface area is 150 Å². The third-order valence-corrected chi connectivity index (χ3v) is 6.09. The molecule has 6 nitrogen and oxygen atoms in total. The molecule has 132 valence electrons. The van der Waals surface area contributed by atoms with Crippen LogP contribution in [-0.2, 0) is 16.6 Å². The van der Waals surface area contributed by atoms with Gasteiger partial charge in [0.25, 0.3) is 5.91 Å². The highest BCUT2D eigenvalue weighted by molar-refractivity contribution is 7.92. The molecule has 3 rings (SSSR count). The molecule has 0 saturated carbocycles. The molecule has 1 N–H and O–H groups in total. The van der Waals surface area contributed by atoms with Gasteiger partial charge in [0.15, 0.2) is 0 Å². The highest BCUT2D eigenvalue weighted by Gasteiger charge is 2.17. The quantitative estimate of drug-likeness (QED) is 0.714. The maximum Gasteiger partial charge on any atom is 0.261 e. The first-order chi connectivity index (χ1) is 11.9. The van der Waals surface area contributed by atoms with Crippen LogP contribution in [0, 0.1) is 0 Å². The van der Waals surface area contributed by atoms with Crippen LogP contribution in [0.1, 0.15) is 22.4 Å². The topological polar surface area (TPSA) is 79.6 Å². The van der Waals surface area contributed by atoms with Crippen molar-refractivity contribution in [2.75, 3.05) is 17.1 Å². The number of nitrogens with one attached hydrogen (secondary N) is 1. The third kappa shape index (κ3) is 3.85. The monoisotopic (exact) mass is 378 g/mol. The number of furan rings is 1. The van der Waals surface area contributed by atoms with Crippen molar-refractivity contribution in [3.05, 3.63) is 53.3 Å². The van der Waals surface area contributed by atoms with Crippen LogP contribution in [0.2, 0.25) is 0 Å². The molecule has 1 amide bonds. The summed E-state index contributed by atoms with van der Waals surface area (Å²) in [5, 5.41) is 3.65.